The van der Waals surface area contributed by atoms with Crippen molar-refractivity contribution in [2.75, 3.05) is 19.0 Å². The van der Waals surface area contributed by atoms with Gasteiger partial charge in [0.15, 0.2) is 10.1 Å². The van der Waals surface area contributed by atoms with E-state index in [1.54, 1.807) is 18.2 Å². The van der Waals surface area contributed by atoms with Gasteiger partial charge >= 0.3 is 0 Å². The molecule has 8 heteroatoms. The Kier molecular flexibility index (Phi) is 5.48. The summed E-state index contributed by atoms with van der Waals surface area (Å²) < 4.78 is 0.754. The summed E-state index contributed by atoms with van der Waals surface area (Å²) in [5.41, 5.74) is 0.471. The van der Waals surface area contributed by atoms with Crippen LogP contribution in [-0.2, 0) is 0 Å². The van der Waals surface area contributed by atoms with Crippen LogP contribution in [-0.4, -0.2) is 35.3 Å². The normalized spacial score (nSPS) is 12.2. The Morgan fingerprint density at radius 2 is 2.05 bits per heavy atom. The summed E-state index contributed by atoms with van der Waals surface area (Å²) in [7, 11) is 3.80. The first-order valence-corrected chi connectivity index (χ1v) is 8.50. The Hall–Kier alpha value is -0.820. The zero-order valence-electron chi connectivity index (χ0n) is 11.6. The number of benzene rings is 1. The number of aromatic nitrogens is 2. The number of ketones is 1. The van der Waals surface area contributed by atoms with E-state index in [4.69, 9.17) is 23.2 Å². The Morgan fingerprint density at radius 1 is 1.33 bits per heavy atom. The molecule has 0 bridgehead atoms. The van der Waals surface area contributed by atoms with Gasteiger partial charge in [0, 0.05) is 24.7 Å². The molecule has 112 valence electrons. The average molecular weight is 362 g/mol. The molecule has 1 unspecified atom stereocenters. The van der Waals surface area contributed by atoms with E-state index in [1.165, 1.54) is 23.1 Å². The molecule has 0 aliphatic rings. The first kappa shape index (κ1) is 16.5. The summed E-state index contributed by atoms with van der Waals surface area (Å²) in [5.74, 6) is -0.0525. The number of nitrogens with zero attached hydrogens (tertiary/aromatic N) is 3. The fourth-order valence-corrected chi connectivity index (χ4v) is 4.02. The third-order valence-electron chi connectivity index (χ3n) is 2.62. The Balaban J connectivity index is 2.11. The molecule has 0 aliphatic heterocycles. The number of anilines is 1. The van der Waals surface area contributed by atoms with Gasteiger partial charge in [0.2, 0.25) is 5.13 Å². The van der Waals surface area contributed by atoms with Gasteiger partial charge in [-0.3, -0.25) is 4.79 Å². The number of hydrogen-bond acceptors (Lipinski definition) is 6. The van der Waals surface area contributed by atoms with Crippen molar-refractivity contribution in [1.29, 1.82) is 0 Å². The smallest absolute Gasteiger partial charge is 0.208 e. The van der Waals surface area contributed by atoms with Crippen LogP contribution >= 0.6 is 46.3 Å². The van der Waals surface area contributed by atoms with E-state index in [1.807, 2.05) is 25.9 Å². The van der Waals surface area contributed by atoms with Crippen molar-refractivity contribution < 1.29 is 4.79 Å². The van der Waals surface area contributed by atoms with Gasteiger partial charge in [0.1, 0.15) is 0 Å². The van der Waals surface area contributed by atoms with Crippen LogP contribution < -0.4 is 4.90 Å². The Morgan fingerprint density at radius 3 is 2.62 bits per heavy atom. The summed E-state index contributed by atoms with van der Waals surface area (Å²) in [4.78, 5) is 14.3. The SMILES string of the molecule is CC(Sc1nnc(N(C)C)s1)C(=O)c1ccc(Cl)cc1Cl. The average Bonchev–Trinajstić information content (AvgIpc) is 2.86. The molecule has 2 rings (SSSR count). The van der Waals surface area contributed by atoms with Crippen molar-refractivity contribution >= 4 is 57.2 Å². The van der Waals surface area contributed by atoms with Crippen molar-refractivity contribution in [1.82, 2.24) is 10.2 Å². The summed E-state index contributed by atoms with van der Waals surface area (Å²) in [6.45, 7) is 1.83. The third kappa shape index (κ3) is 4.10. The lowest BCUT2D eigenvalue weighted by molar-refractivity contribution is 0.0994. The van der Waals surface area contributed by atoms with Crippen molar-refractivity contribution in [2.45, 2.75) is 16.5 Å². The zero-order chi connectivity index (χ0) is 15.6. The van der Waals surface area contributed by atoms with E-state index in [0.717, 1.165) is 9.47 Å². The first-order chi connectivity index (χ1) is 9.88. The minimum Gasteiger partial charge on any atom is -0.353 e. The lowest BCUT2D eigenvalue weighted by atomic mass is 10.1. The highest BCUT2D eigenvalue weighted by Crippen LogP contribution is 2.32. The van der Waals surface area contributed by atoms with Gasteiger partial charge in [0.25, 0.3) is 0 Å². The van der Waals surface area contributed by atoms with Crippen molar-refractivity contribution in [3.05, 3.63) is 33.8 Å². The van der Waals surface area contributed by atoms with Gasteiger partial charge in [-0.25, -0.2) is 0 Å². The molecule has 2 aromatic rings. The molecule has 0 aliphatic carbocycles. The minimum absolute atomic E-state index is 0.0525. The second-order valence-corrected chi connectivity index (χ2v) is 7.88. The van der Waals surface area contributed by atoms with Gasteiger partial charge < -0.3 is 4.90 Å². The molecule has 0 fully saturated rings. The van der Waals surface area contributed by atoms with E-state index < -0.39 is 0 Å². The van der Waals surface area contributed by atoms with E-state index in [0.29, 0.717) is 15.6 Å². The van der Waals surface area contributed by atoms with Crippen LogP contribution in [0.25, 0.3) is 0 Å². The van der Waals surface area contributed by atoms with Gasteiger partial charge in [-0.15, -0.1) is 10.2 Å². The fourth-order valence-electron chi connectivity index (χ4n) is 1.54. The predicted molar refractivity (Wildman–Crippen MR) is 90.3 cm³/mol. The van der Waals surface area contributed by atoms with Crippen LogP contribution in [0, 0.1) is 0 Å². The number of thioether (sulfide) groups is 1. The topological polar surface area (TPSA) is 46.1 Å². The van der Waals surface area contributed by atoms with E-state index >= 15 is 0 Å². The molecule has 0 saturated heterocycles. The maximum absolute atomic E-state index is 12.4. The van der Waals surface area contributed by atoms with Crippen LogP contribution in [0.2, 0.25) is 10.0 Å². The molecule has 0 spiro atoms. The summed E-state index contributed by atoms with van der Waals surface area (Å²) >= 11 is 14.7. The molecule has 1 atom stereocenters. The number of halogens is 2. The second kappa shape index (κ2) is 6.96. The number of Topliss-reactive ketones (excluding diaryl/α,β-unsaturated/α-hetero) is 1. The quantitative estimate of drug-likeness (QED) is 0.587. The summed E-state index contributed by atoms with van der Waals surface area (Å²) in [6.07, 6.45) is 0. The summed E-state index contributed by atoms with van der Waals surface area (Å²) in [6, 6.07) is 4.88. The number of carbonyl (C=O) groups excluding carboxylic acids is 1. The van der Waals surface area contributed by atoms with Gasteiger partial charge in [-0.05, 0) is 25.1 Å². The molecule has 4 nitrogen and oxygen atoms in total. The predicted octanol–water partition coefficient (Wildman–Crippen LogP) is 4.27. The van der Waals surface area contributed by atoms with Crippen LogP contribution in [0.1, 0.15) is 17.3 Å². The molecular formula is C13H13Cl2N3OS2. The molecule has 21 heavy (non-hydrogen) atoms. The standard InChI is InChI=1S/C13H13Cl2N3OS2/c1-7(20-13-17-16-12(21-13)18(2)3)11(19)9-5-4-8(14)6-10(9)15/h4-7H,1-3H3. The maximum atomic E-state index is 12.4. The van der Waals surface area contributed by atoms with E-state index in [-0.39, 0.29) is 11.0 Å². The maximum Gasteiger partial charge on any atom is 0.208 e. The molecule has 1 aromatic heterocycles. The highest BCUT2D eigenvalue weighted by atomic mass is 35.5. The molecule has 0 amide bonds. The number of rotatable bonds is 5. The van der Waals surface area contributed by atoms with Crippen LogP contribution in [0.5, 0.6) is 0 Å². The third-order valence-corrected chi connectivity index (χ3v) is 5.44. The molecule has 0 N–H and O–H groups in total. The lowest BCUT2D eigenvalue weighted by Crippen LogP contribution is -2.13. The number of hydrogen-bond donors (Lipinski definition) is 0. The first-order valence-electron chi connectivity index (χ1n) is 6.05. The van der Waals surface area contributed by atoms with Gasteiger partial charge in [-0.1, -0.05) is 46.3 Å². The van der Waals surface area contributed by atoms with Crippen LogP contribution in [0.3, 0.4) is 0 Å². The Labute approximate surface area is 141 Å². The Bertz CT molecular complexity index is 661. The minimum atomic E-state index is -0.299. The fraction of sp³-hybridized carbons (Fsp3) is 0.308. The van der Waals surface area contributed by atoms with Crippen molar-refractivity contribution in [2.24, 2.45) is 0 Å². The monoisotopic (exact) mass is 361 g/mol. The molecule has 1 aromatic carbocycles. The number of carbonyl (C=O) groups is 1. The molecular weight excluding hydrogens is 349 g/mol. The zero-order valence-corrected chi connectivity index (χ0v) is 14.8. The van der Waals surface area contributed by atoms with Gasteiger partial charge in [0.05, 0.1) is 10.3 Å². The van der Waals surface area contributed by atoms with E-state index in [9.17, 15) is 4.79 Å². The molecule has 0 radical (unpaired) electrons. The second-order valence-electron chi connectivity index (χ2n) is 4.49. The van der Waals surface area contributed by atoms with Crippen LogP contribution in [0.15, 0.2) is 22.5 Å². The van der Waals surface area contributed by atoms with Crippen molar-refractivity contribution in [3.8, 4) is 0 Å². The van der Waals surface area contributed by atoms with Gasteiger partial charge in [-0.2, -0.15) is 0 Å². The largest absolute Gasteiger partial charge is 0.353 e. The lowest BCUT2D eigenvalue weighted by Gasteiger charge is -2.09. The van der Waals surface area contributed by atoms with E-state index in [2.05, 4.69) is 10.2 Å². The highest BCUT2D eigenvalue weighted by molar-refractivity contribution is 8.02. The molecule has 1 heterocycles. The highest BCUT2D eigenvalue weighted by Gasteiger charge is 2.21. The van der Waals surface area contributed by atoms with Crippen molar-refractivity contribution in [3.63, 3.8) is 0 Å². The van der Waals surface area contributed by atoms with Crippen LogP contribution in [0.4, 0.5) is 5.13 Å². The molecule has 0 saturated carbocycles. The summed E-state index contributed by atoms with van der Waals surface area (Å²) in [5, 5.41) is 9.51.